The number of fused-ring (bicyclic) bond motifs is 1. The molecule has 0 N–H and O–H groups in total. The van der Waals surface area contributed by atoms with E-state index in [0.29, 0.717) is 6.04 Å². The Labute approximate surface area is 204 Å². The van der Waals surface area contributed by atoms with Gasteiger partial charge in [0, 0.05) is 0 Å². The molecule has 0 aliphatic heterocycles. The van der Waals surface area contributed by atoms with Crippen LogP contribution in [0.15, 0.2) is 28.4 Å². The molecule has 0 heterocycles. The predicted molar refractivity (Wildman–Crippen MR) is 145 cm³/mol. The summed E-state index contributed by atoms with van der Waals surface area (Å²) >= 11 is -2.17. The van der Waals surface area contributed by atoms with Crippen LogP contribution in [0, 0.1) is 0 Å². The van der Waals surface area contributed by atoms with Gasteiger partial charge in [-0.15, -0.1) is 0 Å². The first-order chi connectivity index (χ1) is 15.6. The normalized spacial score (nSPS) is 16.6. The first-order valence-corrected chi connectivity index (χ1v) is 21.4. The Morgan fingerprint density at radius 2 is 1.62 bits per heavy atom. The monoisotopic (exact) mass is 549 g/mol. The molecule has 32 heavy (non-hydrogen) atoms. The molecule has 182 valence electrons. The Morgan fingerprint density at radius 3 is 2.19 bits per heavy atom. The summed E-state index contributed by atoms with van der Waals surface area (Å²) in [6.45, 7) is 11.8. The van der Waals surface area contributed by atoms with Gasteiger partial charge < -0.3 is 0 Å². The summed E-state index contributed by atoms with van der Waals surface area (Å²) in [5.41, 5.74) is 2.96. The quantitative estimate of drug-likeness (QED) is 0.193. The van der Waals surface area contributed by atoms with E-state index >= 15 is 0 Å². The molecule has 1 atom stereocenters. The number of methoxy groups -OCH3 is 1. The van der Waals surface area contributed by atoms with Gasteiger partial charge in [0.25, 0.3) is 0 Å². The topological polar surface area (TPSA) is 12.5 Å². The van der Waals surface area contributed by atoms with Crippen LogP contribution in [-0.2, 0) is 12.8 Å². The van der Waals surface area contributed by atoms with Crippen LogP contribution < -0.4 is 4.74 Å². The zero-order valence-electron chi connectivity index (χ0n) is 21.9. The SMILES string of the molecule is CCC[CH2][Sn](/[CH]=C/CN(CCC)C1CCc2c(cccc2OC)C1)([CH2]CCC)[CH2]CCC. The minimum absolute atomic E-state index is 0.672. The van der Waals surface area contributed by atoms with Gasteiger partial charge in [-0.1, -0.05) is 0 Å². The Balaban J connectivity index is 2.12. The van der Waals surface area contributed by atoms with Gasteiger partial charge >= 0.3 is 205 Å². The fourth-order valence-corrected chi connectivity index (χ4v) is 20.0. The molecule has 2 rings (SSSR count). The number of hydrogen-bond donors (Lipinski definition) is 0. The molecule has 1 unspecified atom stereocenters. The summed E-state index contributed by atoms with van der Waals surface area (Å²) in [6, 6.07) is 7.29. The van der Waals surface area contributed by atoms with E-state index < -0.39 is 18.4 Å². The summed E-state index contributed by atoms with van der Waals surface area (Å²) in [4.78, 5) is 2.79. The van der Waals surface area contributed by atoms with Gasteiger partial charge in [0.1, 0.15) is 0 Å². The van der Waals surface area contributed by atoms with Gasteiger partial charge in [-0.05, 0) is 0 Å². The third-order valence-corrected chi connectivity index (χ3v) is 21.8. The Morgan fingerprint density at radius 1 is 0.969 bits per heavy atom. The molecule has 1 aromatic rings. The molecule has 1 aromatic carbocycles. The number of ether oxygens (including phenoxy) is 1. The molecule has 0 fully saturated rings. The standard InChI is InChI=1S/C17H24NO.3C4H9.Sn/c1-4-11-18(12-5-2)15-9-10-16-14(13-15)7-6-8-17(16)19-3;3*1-3-4-2;/h1,4,6-8,15H,5,9-13H2,2-3H3;3*1,3-4H2,2H3;. The number of benzene rings is 1. The van der Waals surface area contributed by atoms with E-state index in [-0.39, 0.29) is 0 Å². The zero-order valence-corrected chi connectivity index (χ0v) is 24.8. The zero-order chi connectivity index (χ0) is 23.2. The van der Waals surface area contributed by atoms with Gasteiger partial charge in [0.05, 0.1) is 0 Å². The number of rotatable bonds is 16. The molecular formula is C29H51NOSn. The molecule has 0 saturated heterocycles. The van der Waals surface area contributed by atoms with Gasteiger partial charge in [-0.2, -0.15) is 0 Å². The summed E-state index contributed by atoms with van der Waals surface area (Å²) < 4.78 is 13.2. The summed E-state index contributed by atoms with van der Waals surface area (Å²) in [5.74, 6) is 1.09. The van der Waals surface area contributed by atoms with Crippen LogP contribution in [-0.4, -0.2) is 49.5 Å². The minimum atomic E-state index is -2.17. The van der Waals surface area contributed by atoms with Crippen LogP contribution in [0.2, 0.25) is 13.3 Å². The first kappa shape index (κ1) is 27.8. The molecule has 2 nitrogen and oxygen atoms in total. The van der Waals surface area contributed by atoms with Crippen molar-refractivity contribution in [2.45, 2.75) is 111 Å². The van der Waals surface area contributed by atoms with Crippen LogP contribution in [0.3, 0.4) is 0 Å². The molecule has 0 spiro atoms. The third kappa shape index (κ3) is 8.38. The van der Waals surface area contributed by atoms with E-state index in [1.54, 1.807) is 13.3 Å². The second kappa shape index (κ2) is 15.4. The maximum atomic E-state index is 5.64. The summed E-state index contributed by atoms with van der Waals surface area (Å²) in [5, 5.41) is 0. The van der Waals surface area contributed by atoms with Crippen LogP contribution >= 0.6 is 0 Å². The van der Waals surface area contributed by atoms with Crippen LogP contribution in [0.25, 0.3) is 0 Å². The average Bonchev–Trinajstić information content (AvgIpc) is 2.83. The second-order valence-electron chi connectivity index (χ2n) is 10.1. The van der Waals surface area contributed by atoms with Crippen molar-refractivity contribution in [2.75, 3.05) is 20.2 Å². The average molecular weight is 548 g/mol. The van der Waals surface area contributed by atoms with E-state index in [2.05, 4.69) is 61.0 Å². The maximum absolute atomic E-state index is 5.64. The molecule has 1 aliphatic rings. The molecular weight excluding hydrogens is 497 g/mol. The number of hydrogen-bond acceptors (Lipinski definition) is 2. The van der Waals surface area contributed by atoms with Crippen molar-refractivity contribution in [1.82, 2.24) is 4.90 Å². The van der Waals surface area contributed by atoms with Gasteiger partial charge in [0.2, 0.25) is 0 Å². The van der Waals surface area contributed by atoms with Crippen molar-refractivity contribution < 1.29 is 4.74 Å². The fraction of sp³-hybridized carbons (Fsp3) is 0.724. The van der Waals surface area contributed by atoms with Crippen LogP contribution in [0.1, 0.15) is 90.2 Å². The molecule has 1 aliphatic carbocycles. The molecule has 3 heteroatoms. The van der Waals surface area contributed by atoms with Crippen molar-refractivity contribution in [2.24, 2.45) is 0 Å². The second-order valence-corrected chi connectivity index (χ2v) is 23.1. The van der Waals surface area contributed by atoms with Gasteiger partial charge in [-0.25, -0.2) is 0 Å². The van der Waals surface area contributed by atoms with Crippen LogP contribution in [0.4, 0.5) is 0 Å². The van der Waals surface area contributed by atoms with E-state index in [1.165, 1.54) is 75.5 Å². The number of nitrogens with zero attached hydrogens (tertiary/aromatic N) is 1. The predicted octanol–water partition coefficient (Wildman–Crippen LogP) is 8.21. The summed E-state index contributed by atoms with van der Waals surface area (Å²) in [6.07, 6.45) is 15.9. The van der Waals surface area contributed by atoms with Crippen molar-refractivity contribution in [3.8, 4) is 5.75 Å². The van der Waals surface area contributed by atoms with Crippen molar-refractivity contribution in [1.29, 1.82) is 0 Å². The molecule has 0 bridgehead atoms. The number of unbranched alkanes of at least 4 members (excludes halogenated alkanes) is 3. The molecule has 0 radical (unpaired) electrons. The van der Waals surface area contributed by atoms with Crippen molar-refractivity contribution in [3.05, 3.63) is 39.5 Å². The van der Waals surface area contributed by atoms with Crippen LogP contribution in [0.5, 0.6) is 5.75 Å². The Bertz CT molecular complexity index is 649. The van der Waals surface area contributed by atoms with Crippen molar-refractivity contribution in [3.63, 3.8) is 0 Å². The molecule has 0 saturated carbocycles. The van der Waals surface area contributed by atoms with Gasteiger partial charge in [0.15, 0.2) is 0 Å². The third-order valence-electron chi connectivity index (χ3n) is 7.56. The van der Waals surface area contributed by atoms with Gasteiger partial charge in [-0.3, -0.25) is 0 Å². The van der Waals surface area contributed by atoms with E-state index in [1.807, 2.05) is 7.11 Å². The van der Waals surface area contributed by atoms with E-state index in [9.17, 15) is 0 Å². The van der Waals surface area contributed by atoms with E-state index in [4.69, 9.17) is 4.74 Å². The fourth-order valence-electron chi connectivity index (χ4n) is 5.62. The first-order valence-electron chi connectivity index (χ1n) is 13.7. The molecule has 0 amide bonds. The molecule has 0 aromatic heterocycles. The summed E-state index contributed by atoms with van der Waals surface area (Å²) in [7, 11) is 1.81. The Hall–Kier alpha value is -0.481. The Kier molecular flexibility index (Phi) is 13.4. The van der Waals surface area contributed by atoms with E-state index in [0.717, 1.165) is 18.7 Å². The van der Waals surface area contributed by atoms with Crippen molar-refractivity contribution >= 4 is 18.4 Å².